The second-order valence-corrected chi connectivity index (χ2v) is 6.62. The van der Waals surface area contributed by atoms with Gasteiger partial charge in [0.15, 0.2) is 0 Å². The third kappa shape index (κ3) is 4.56. The molecule has 0 saturated carbocycles. The maximum atomic E-state index is 12.2. The Morgan fingerprint density at radius 3 is 2.81 bits per heavy atom. The predicted octanol–water partition coefficient (Wildman–Crippen LogP) is 1.62. The molecule has 2 rings (SSSR count). The number of halogens is 2. The van der Waals surface area contributed by atoms with Crippen molar-refractivity contribution in [1.82, 2.24) is 9.47 Å². The van der Waals surface area contributed by atoms with Crippen LogP contribution >= 0.6 is 28.3 Å². The number of rotatable bonds is 4. The molecule has 1 unspecified atom stereocenters. The van der Waals surface area contributed by atoms with Crippen LogP contribution in [-0.2, 0) is 11.3 Å². The van der Waals surface area contributed by atoms with Crippen LogP contribution in [0.2, 0.25) is 0 Å². The largest absolute Gasteiger partial charge is 0.342 e. The summed E-state index contributed by atoms with van der Waals surface area (Å²) in [7, 11) is 0. The van der Waals surface area contributed by atoms with Gasteiger partial charge in [-0.25, -0.2) is 0 Å². The number of hydrogen-bond donors (Lipinski definition) is 1. The fraction of sp³-hybridized carbons (Fsp3) is 0.571. The Labute approximate surface area is 139 Å². The molecule has 1 amide bonds. The summed E-state index contributed by atoms with van der Waals surface area (Å²) in [6.07, 6.45) is 3.01. The van der Waals surface area contributed by atoms with E-state index in [9.17, 15) is 9.59 Å². The van der Waals surface area contributed by atoms with Crippen molar-refractivity contribution < 1.29 is 4.79 Å². The second kappa shape index (κ2) is 7.42. The summed E-state index contributed by atoms with van der Waals surface area (Å²) in [6.45, 7) is 4.60. The van der Waals surface area contributed by atoms with Crippen molar-refractivity contribution in [3.8, 4) is 0 Å². The highest BCUT2D eigenvalue weighted by Crippen LogP contribution is 2.28. The Balaban J connectivity index is 0.00000220. The lowest BCUT2D eigenvalue weighted by atomic mass is 9.90. The van der Waals surface area contributed by atoms with Crippen molar-refractivity contribution in [3.05, 3.63) is 33.2 Å². The first-order valence-corrected chi connectivity index (χ1v) is 7.57. The average Bonchev–Trinajstić information content (AvgIpc) is 2.83. The first kappa shape index (κ1) is 18.2. The van der Waals surface area contributed by atoms with Crippen LogP contribution in [0.5, 0.6) is 0 Å². The zero-order valence-corrected chi connectivity index (χ0v) is 14.5. The van der Waals surface area contributed by atoms with E-state index in [1.807, 2.05) is 4.90 Å². The van der Waals surface area contributed by atoms with E-state index in [4.69, 9.17) is 5.73 Å². The molecule has 1 aliphatic rings. The fourth-order valence-corrected chi connectivity index (χ4v) is 2.83. The Morgan fingerprint density at radius 1 is 1.48 bits per heavy atom. The third-order valence-electron chi connectivity index (χ3n) is 3.92. The topological polar surface area (TPSA) is 68.3 Å². The number of carbonyl (C=O) groups is 1. The standard InChI is InChI=1S/C14H20BrN3O2.ClH/c1-14(9-16)5-7-18(10-14)13(20)4-6-17-8-11(15)2-3-12(17)19;/h2-3,8H,4-7,9-10,16H2,1H3;1H. The first-order valence-electron chi connectivity index (χ1n) is 6.77. The molecule has 0 spiro atoms. The molecule has 7 heteroatoms. The van der Waals surface area contributed by atoms with Gasteiger partial charge in [-0.05, 0) is 40.4 Å². The number of hydrogen-bond acceptors (Lipinski definition) is 3. The maximum Gasteiger partial charge on any atom is 0.250 e. The minimum absolute atomic E-state index is 0. The molecular formula is C14H21BrClN3O2. The van der Waals surface area contributed by atoms with Crippen LogP contribution in [0.25, 0.3) is 0 Å². The molecule has 1 saturated heterocycles. The van der Waals surface area contributed by atoms with Gasteiger partial charge in [0.1, 0.15) is 0 Å². The number of amides is 1. The molecule has 2 N–H and O–H groups in total. The molecule has 0 bridgehead atoms. The van der Waals surface area contributed by atoms with Crippen LogP contribution in [0.3, 0.4) is 0 Å². The number of nitrogens with two attached hydrogens (primary N) is 1. The van der Waals surface area contributed by atoms with Gasteiger partial charge in [0.05, 0.1) is 0 Å². The number of nitrogens with zero attached hydrogens (tertiary/aromatic N) is 2. The van der Waals surface area contributed by atoms with Gasteiger partial charge in [0, 0.05) is 42.8 Å². The highest BCUT2D eigenvalue weighted by molar-refractivity contribution is 9.10. The van der Waals surface area contributed by atoms with Gasteiger partial charge in [-0.2, -0.15) is 0 Å². The van der Waals surface area contributed by atoms with E-state index in [2.05, 4.69) is 22.9 Å². The predicted molar refractivity (Wildman–Crippen MR) is 88.6 cm³/mol. The first-order chi connectivity index (χ1) is 9.43. The van der Waals surface area contributed by atoms with Crippen LogP contribution in [0.15, 0.2) is 27.6 Å². The fourth-order valence-electron chi connectivity index (χ4n) is 2.45. The van der Waals surface area contributed by atoms with Crippen LogP contribution < -0.4 is 11.3 Å². The molecule has 21 heavy (non-hydrogen) atoms. The Morgan fingerprint density at radius 2 is 2.19 bits per heavy atom. The van der Waals surface area contributed by atoms with E-state index in [-0.39, 0.29) is 29.3 Å². The molecule has 1 aromatic heterocycles. The van der Waals surface area contributed by atoms with E-state index in [1.54, 1.807) is 16.8 Å². The SMILES string of the molecule is CC1(CN)CCN(C(=O)CCn2cc(Br)ccc2=O)C1.Cl. The van der Waals surface area contributed by atoms with Gasteiger partial charge >= 0.3 is 0 Å². The van der Waals surface area contributed by atoms with Crippen molar-refractivity contribution in [2.24, 2.45) is 11.1 Å². The van der Waals surface area contributed by atoms with Crippen LogP contribution in [0.1, 0.15) is 19.8 Å². The summed E-state index contributed by atoms with van der Waals surface area (Å²) in [5.74, 6) is 0.0917. The van der Waals surface area contributed by atoms with Crippen molar-refractivity contribution in [3.63, 3.8) is 0 Å². The monoisotopic (exact) mass is 377 g/mol. The lowest BCUT2D eigenvalue weighted by Gasteiger charge is -2.22. The van der Waals surface area contributed by atoms with Gasteiger partial charge < -0.3 is 15.2 Å². The summed E-state index contributed by atoms with van der Waals surface area (Å²) in [5.41, 5.74) is 5.70. The third-order valence-corrected chi connectivity index (χ3v) is 4.39. The van der Waals surface area contributed by atoms with Gasteiger partial charge in [-0.15, -0.1) is 12.4 Å². The molecule has 2 heterocycles. The van der Waals surface area contributed by atoms with Gasteiger partial charge in [0.2, 0.25) is 5.91 Å². The summed E-state index contributed by atoms with van der Waals surface area (Å²) >= 11 is 3.32. The van der Waals surface area contributed by atoms with Crippen molar-refractivity contribution in [2.75, 3.05) is 19.6 Å². The zero-order valence-electron chi connectivity index (χ0n) is 12.0. The minimum atomic E-state index is -0.0887. The molecular weight excluding hydrogens is 358 g/mol. The van der Waals surface area contributed by atoms with E-state index < -0.39 is 0 Å². The lowest BCUT2D eigenvalue weighted by molar-refractivity contribution is -0.130. The Bertz CT molecular complexity index is 563. The number of aromatic nitrogens is 1. The number of carbonyl (C=O) groups excluding carboxylic acids is 1. The molecule has 0 aromatic carbocycles. The average molecular weight is 379 g/mol. The second-order valence-electron chi connectivity index (χ2n) is 5.71. The number of pyridine rings is 1. The number of aryl methyl sites for hydroxylation is 1. The van der Waals surface area contributed by atoms with Crippen LogP contribution in [-0.4, -0.2) is 35.0 Å². The smallest absolute Gasteiger partial charge is 0.250 e. The van der Waals surface area contributed by atoms with Crippen LogP contribution in [0.4, 0.5) is 0 Å². The van der Waals surface area contributed by atoms with Gasteiger partial charge in [0.25, 0.3) is 5.56 Å². The summed E-state index contributed by atoms with van der Waals surface area (Å²) in [6, 6.07) is 3.20. The molecule has 0 aliphatic carbocycles. The van der Waals surface area contributed by atoms with Crippen molar-refractivity contribution in [1.29, 1.82) is 0 Å². The molecule has 1 aromatic rings. The zero-order chi connectivity index (χ0) is 14.8. The summed E-state index contributed by atoms with van der Waals surface area (Å²) in [4.78, 5) is 25.7. The molecule has 1 atom stereocenters. The molecule has 118 valence electrons. The molecule has 1 aliphatic heterocycles. The van der Waals surface area contributed by atoms with Gasteiger partial charge in [-0.1, -0.05) is 6.92 Å². The number of likely N-dealkylation sites (tertiary alicyclic amines) is 1. The Kier molecular flexibility index (Phi) is 6.43. The minimum Gasteiger partial charge on any atom is -0.342 e. The van der Waals surface area contributed by atoms with Crippen LogP contribution in [0, 0.1) is 5.41 Å². The molecule has 5 nitrogen and oxygen atoms in total. The lowest BCUT2D eigenvalue weighted by Crippen LogP contribution is -2.35. The van der Waals surface area contributed by atoms with Crippen molar-refractivity contribution in [2.45, 2.75) is 26.3 Å². The van der Waals surface area contributed by atoms with E-state index in [0.717, 1.165) is 24.0 Å². The highest BCUT2D eigenvalue weighted by atomic mass is 79.9. The molecule has 1 fully saturated rings. The quantitative estimate of drug-likeness (QED) is 0.865. The highest BCUT2D eigenvalue weighted by Gasteiger charge is 2.34. The summed E-state index contributed by atoms with van der Waals surface area (Å²) in [5, 5.41) is 0. The Hall–Kier alpha value is -0.850. The molecule has 0 radical (unpaired) electrons. The van der Waals surface area contributed by atoms with E-state index in [0.29, 0.717) is 19.5 Å². The van der Waals surface area contributed by atoms with Crippen molar-refractivity contribution >= 4 is 34.2 Å². The summed E-state index contributed by atoms with van der Waals surface area (Å²) < 4.78 is 2.39. The van der Waals surface area contributed by atoms with Gasteiger partial charge in [-0.3, -0.25) is 9.59 Å². The normalized spacial score (nSPS) is 21.2. The van der Waals surface area contributed by atoms with E-state index >= 15 is 0 Å². The van der Waals surface area contributed by atoms with E-state index in [1.165, 1.54) is 6.07 Å². The maximum absolute atomic E-state index is 12.2.